The van der Waals surface area contributed by atoms with Gasteiger partial charge in [0.15, 0.2) is 17.5 Å². The SMILES string of the molecule is c1ccc(-c2nc(-c3ccccc3-c3ccc4ccc5c6cccnc6sc5c4c3)nc(-c3cccc4oc5ccccc5c34)n2)cc1. The Morgan fingerprint density at radius 3 is 2.08 bits per heavy atom. The van der Waals surface area contributed by atoms with Crippen molar-refractivity contribution in [2.45, 2.75) is 0 Å². The highest BCUT2D eigenvalue weighted by Crippen LogP contribution is 2.41. The summed E-state index contributed by atoms with van der Waals surface area (Å²) in [6, 6.07) is 47.9. The van der Waals surface area contributed by atoms with Crippen LogP contribution in [0.3, 0.4) is 0 Å². The van der Waals surface area contributed by atoms with Crippen LogP contribution in [0, 0.1) is 0 Å². The molecule has 4 aromatic heterocycles. The third kappa shape index (κ3) is 4.24. The highest BCUT2D eigenvalue weighted by atomic mass is 32.1. The fraction of sp³-hybridized carbons (Fsp3) is 0. The lowest BCUT2D eigenvalue weighted by atomic mass is 9.96. The van der Waals surface area contributed by atoms with Crippen molar-refractivity contribution in [2.75, 3.05) is 0 Å². The molecule has 224 valence electrons. The number of benzene rings is 6. The third-order valence-corrected chi connectivity index (χ3v) is 10.2. The predicted molar refractivity (Wildman–Crippen MR) is 197 cm³/mol. The Bertz CT molecular complexity index is 2860. The molecule has 0 bridgehead atoms. The second kappa shape index (κ2) is 10.7. The smallest absolute Gasteiger partial charge is 0.164 e. The van der Waals surface area contributed by atoms with Gasteiger partial charge in [-0.15, -0.1) is 11.3 Å². The van der Waals surface area contributed by atoms with Crippen molar-refractivity contribution in [3.05, 3.63) is 146 Å². The Morgan fingerprint density at radius 1 is 0.458 bits per heavy atom. The number of pyridine rings is 1. The van der Waals surface area contributed by atoms with Gasteiger partial charge in [0.2, 0.25) is 0 Å². The normalized spacial score (nSPS) is 11.8. The van der Waals surface area contributed by atoms with Gasteiger partial charge < -0.3 is 4.42 Å². The number of hydrogen-bond acceptors (Lipinski definition) is 6. The number of furan rings is 1. The van der Waals surface area contributed by atoms with Crippen molar-refractivity contribution in [1.29, 1.82) is 0 Å². The first-order valence-corrected chi connectivity index (χ1v) is 16.6. The Kier molecular flexibility index (Phi) is 5.98. The number of nitrogens with zero attached hydrogens (tertiary/aromatic N) is 4. The molecule has 0 N–H and O–H groups in total. The number of hydrogen-bond donors (Lipinski definition) is 0. The van der Waals surface area contributed by atoms with Gasteiger partial charge in [0, 0.05) is 54.5 Å². The van der Waals surface area contributed by atoms with E-state index in [-0.39, 0.29) is 0 Å². The van der Waals surface area contributed by atoms with E-state index in [9.17, 15) is 0 Å². The molecule has 0 amide bonds. The van der Waals surface area contributed by atoms with Crippen LogP contribution in [0.25, 0.3) is 98.3 Å². The van der Waals surface area contributed by atoms with Crippen molar-refractivity contribution < 1.29 is 4.42 Å². The second-order valence-corrected chi connectivity index (χ2v) is 12.8. The summed E-state index contributed by atoms with van der Waals surface area (Å²) in [6.45, 7) is 0. The minimum atomic E-state index is 0.601. The largest absolute Gasteiger partial charge is 0.456 e. The van der Waals surface area contributed by atoms with Gasteiger partial charge in [-0.3, -0.25) is 0 Å². The number of para-hydroxylation sites is 1. The number of rotatable bonds is 4. The molecule has 6 heteroatoms. The van der Waals surface area contributed by atoms with E-state index in [0.29, 0.717) is 17.5 Å². The molecule has 48 heavy (non-hydrogen) atoms. The molecule has 0 aliphatic rings. The van der Waals surface area contributed by atoms with E-state index in [1.165, 1.54) is 26.2 Å². The molecule has 0 aliphatic heterocycles. The molecule has 0 unspecified atom stereocenters. The molecule has 10 rings (SSSR count). The zero-order chi connectivity index (χ0) is 31.6. The monoisotopic (exact) mass is 632 g/mol. The van der Waals surface area contributed by atoms with Crippen molar-refractivity contribution >= 4 is 64.4 Å². The Morgan fingerprint density at radius 2 is 1.17 bits per heavy atom. The predicted octanol–water partition coefficient (Wildman–Crippen LogP) is 11.4. The fourth-order valence-electron chi connectivity index (χ4n) is 6.78. The maximum atomic E-state index is 6.23. The second-order valence-electron chi connectivity index (χ2n) is 11.8. The Hall–Kier alpha value is -6.24. The van der Waals surface area contributed by atoms with E-state index < -0.39 is 0 Å². The van der Waals surface area contributed by atoms with Crippen LogP contribution < -0.4 is 0 Å². The van der Waals surface area contributed by atoms with Crippen LogP contribution in [0.5, 0.6) is 0 Å². The summed E-state index contributed by atoms with van der Waals surface area (Å²) in [5.41, 5.74) is 6.56. The van der Waals surface area contributed by atoms with Gasteiger partial charge >= 0.3 is 0 Å². The van der Waals surface area contributed by atoms with Gasteiger partial charge in [0.1, 0.15) is 16.0 Å². The topological polar surface area (TPSA) is 64.7 Å². The summed E-state index contributed by atoms with van der Waals surface area (Å²) < 4.78 is 7.48. The van der Waals surface area contributed by atoms with E-state index in [2.05, 4.69) is 71.7 Å². The van der Waals surface area contributed by atoms with Crippen LogP contribution >= 0.6 is 11.3 Å². The maximum absolute atomic E-state index is 6.23. The Balaban J connectivity index is 1.21. The average molecular weight is 633 g/mol. The molecule has 0 saturated heterocycles. The Labute approximate surface area is 278 Å². The van der Waals surface area contributed by atoms with Crippen LogP contribution in [-0.2, 0) is 0 Å². The summed E-state index contributed by atoms with van der Waals surface area (Å²) >= 11 is 1.75. The van der Waals surface area contributed by atoms with Crippen molar-refractivity contribution in [3.63, 3.8) is 0 Å². The molecule has 4 heterocycles. The van der Waals surface area contributed by atoms with Crippen LogP contribution in [0.1, 0.15) is 0 Å². The van der Waals surface area contributed by atoms with Gasteiger partial charge in [-0.25, -0.2) is 19.9 Å². The minimum Gasteiger partial charge on any atom is -0.456 e. The van der Waals surface area contributed by atoms with E-state index in [1.807, 2.05) is 79.0 Å². The molecular weight excluding hydrogens is 609 g/mol. The first-order chi connectivity index (χ1) is 23.8. The van der Waals surface area contributed by atoms with Crippen LogP contribution in [0.4, 0.5) is 0 Å². The molecule has 0 aliphatic carbocycles. The summed E-state index contributed by atoms with van der Waals surface area (Å²) in [6.07, 6.45) is 1.86. The highest BCUT2D eigenvalue weighted by Gasteiger charge is 2.19. The fourth-order valence-corrected chi connectivity index (χ4v) is 7.95. The minimum absolute atomic E-state index is 0.601. The number of fused-ring (bicyclic) bond motifs is 8. The van der Waals surface area contributed by atoms with E-state index in [4.69, 9.17) is 19.4 Å². The molecule has 0 radical (unpaired) electrons. The van der Waals surface area contributed by atoms with Crippen LogP contribution in [0.2, 0.25) is 0 Å². The first-order valence-electron chi connectivity index (χ1n) is 15.8. The van der Waals surface area contributed by atoms with E-state index in [0.717, 1.165) is 54.6 Å². The quantitative estimate of drug-likeness (QED) is 0.193. The number of aromatic nitrogens is 4. The maximum Gasteiger partial charge on any atom is 0.164 e. The lowest BCUT2D eigenvalue weighted by Crippen LogP contribution is -2.01. The zero-order valence-electron chi connectivity index (χ0n) is 25.5. The van der Waals surface area contributed by atoms with Gasteiger partial charge in [0.05, 0.1) is 0 Å². The highest BCUT2D eigenvalue weighted by molar-refractivity contribution is 7.26. The third-order valence-electron chi connectivity index (χ3n) is 9.02. The lowest BCUT2D eigenvalue weighted by Gasteiger charge is -2.13. The van der Waals surface area contributed by atoms with Crippen molar-refractivity contribution in [1.82, 2.24) is 19.9 Å². The molecule has 0 spiro atoms. The summed E-state index contributed by atoms with van der Waals surface area (Å²) in [5.74, 6) is 1.83. The van der Waals surface area contributed by atoms with Crippen molar-refractivity contribution in [3.8, 4) is 45.3 Å². The van der Waals surface area contributed by atoms with Crippen LogP contribution in [-0.4, -0.2) is 19.9 Å². The summed E-state index contributed by atoms with van der Waals surface area (Å²) in [5, 5.41) is 6.86. The van der Waals surface area contributed by atoms with E-state index in [1.54, 1.807) is 11.3 Å². The molecule has 0 atom stereocenters. The van der Waals surface area contributed by atoms with Gasteiger partial charge in [-0.1, -0.05) is 109 Å². The summed E-state index contributed by atoms with van der Waals surface area (Å²) in [7, 11) is 0. The molecule has 0 fully saturated rings. The molecule has 10 aromatic rings. The first kappa shape index (κ1) is 26.9. The van der Waals surface area contributed by atoms with Crippen LogP contribution in [0.15, 0.2) is 150 Å². The van der Waals surface area contributed by atoms with E-state index >= 15 is 0 Å². The van der Waals surface area contributed by atoms with Crippen molar-refractivity contribution in [2.24, 2.45) is 0 Å². The lowest BCUT2D eigenvalue weighted by molar-refractivity contribution is 0.669. The molecule has 6 aromatic carbocycles. The summed E-state index contributed by atoms with van der Waals surface area (Å²) in [4.78, 5) is 21.1. The van der Waals surface area contributed by atoms with Gasteiger partial charge in [0.25, 0.3) is 0 Å². The standard InChI is InChI=1S/C42H24N4OS/c1-2-10-26(11-3-1)39-44-40(46-41(45-39)33-15-8-18-36-37(33)32-14-6-7-17-35(32)47-36)30-13-5-4-12-28(30)27-20-19-25-21-22-29-31-16-9-23-43-42(31)48-38(29)34(25)24-27/h1-24H. The molecule has 5 nitrogen and oxygen atoms in total. The van der Waals surface area contributed by atoms with Gasteiger partial charge in [-0.2, -0.15) is 0 Å². The zero-order valence-corrected chi connectivity index (χ0v) is 26.3. The number of thiophene rings is 1. The molecular formula is C42H24N4OS. The molecule has 0 saturated carbocycles. The average Bonchev–Trinajstić information content (AvgIpc) is 3.74. The van der Waals surface area contributed by atoms with Gasteiger partial charge in [-0.05, 0) is 46.8 Å².